The van der Waals surface area contributed by atoms with E-state index in [9.17, 15) is 10.1 Å². The third-order valence-corrected chi connectivity index (χ3v) is 4.80. The number of aliphatic imine (C=N–C) groups is 1. The monoisotopic (exact) mass is 513 g/mol. The van der Waals surface area contributed by atoms with E-state index in [2.05, 4.69) is 20.5 Å². The molecule has 2 heterocycles. The molecule has 8 nitrogen and oxygen atoms in total. The molecule has 1 aliphatic rings. The first-order chi connectivity index (χ1) is 13.7. The van der Waals surface area contributed by atoms with Crippen LogP contribution in [-0.4, -0.2) is 42.0 Å². The predicted molar refractivity (Wildman–Crippen MR) is 124 cm³/mol. The van der Waals surface area contributed by atoms with Crippen LogP contribution in [0.4, 0.5) is 5.69 Å². The number of furan rings is 1. The molecular weight excluding hydrogens is 485 g/mol. The standard InChI is InChI=1S/C20H27N5O3.HI/c1-2-21-20(22-14-16-7-5-8-17(13-16)25(26)27)23-15-18(19-9-6-12-28-19)24-10-3-4-11-24;/h5-9,12-13,18H,2-4,10-11,14-15H2,1H3,(H2,21,22,23);1H. The van der Waals surface area contributed by atoms with Gasteiger partial charge in [-0.15, -0.1) is 24.0 Å². The number of nitro groups is 1. The Bertz CT molecular complexity index is 791. The van der Waals surface area contributed by atoms with Crippen molar-refractivity contribution in [2.75, 3.05) is 26.2 Å². The number of nitrogens with one attached hydrogen (secondary N) is 2. The van der Waals surface area contributed by atoms with Crippen LogP contribution in [0.3, 0.4) is 0 Å². The van der Waals surface area contributed by atoms with Gasteiger partial charge in [0.15, 0.2) is 5.96 Å². The molecule has 1 saturated heterocycles. The fraction of sp³-hybridized carbons (Fsp3) is 0.450. The summed E-state index contributed by atoms with van der Waals surface area (Å²) < 4.78 is 5.66. The molecule has 2 N–H and O–H groups in total. The van der Waals surface area contributed by atoms with Crippen LogP contribution in [0.2, 0.25) is 0 Å². The van der Waals surface area contributed by atoms with Crippen LogP contribution in [0.25, 0.3) is 0 Å². The highest BCUT2D eigenvalue weighted by molar-refractivity contribution is 14.0. The van der Waals surface area contributed by atoms with Gasteiger partial charge in [-0.3, -0.25) is 15.0 Å². The molecular formula is C20H28IN5O3. The van der Waals surface area contributed by atoms with Crippen molar-refractivity contribution in [1.82, 2.24) is 15.5 Å². The molecule has 0 aliphatic carbocycles. The van der Waals surface area contributed by atoms with Crippen LogP contribution in [0.1, 0.15) is 37.1 Å². The Balaban J connectivity index is 0.00000300. The van der Waals surface area contributed by atoms with Gasteiger partial charge in [-0.25, -0.2) is 4.99 Å². The minimum atomic E-state index is -0.388. The van der Waals surface area contributed by atoms with Gasteiger partial charge >= 0.3 is 0 Å². The molecule has 1 fully saturated rings. The highest BCUT2D eigenvalue weighted by atomic mass is 127. The fourth-order valence-corrected chi connectivity index (χ4v) is 3.42. The van der Waals surface area contributed by atoms with E-state index in [1.165, 1.54) is 18.9 Å². The minimum absolute atomic E-state index is 0. The van der Waals surface area contributed by atoms with Gasteiger partial charge < -0.3 is 15.1 Å². The van der Waals surface area contributed by atoms with Crippen molar-refractivity contribution in [2.24, 2.45) is 4.99 Å². The van der Waals surface area contributed by atoms with E-state index in [4.69, 9.17) is 4.42 Å². The van der Waals surface area contributed by atoms with Crippen LogP contribution in [0.15, 0.2) is 52.1 Å². The smallest absolute Gasteiger partial charge is 0.269 e. The summed E-state index contributed by atoms with van der Waals surface area (Å²) in [6.07, 6.45) is 4.12. The van der Waals surface area contributed by atoms with Gasteiger partial charge in [-0.2, -0.15) is 0 Å². The lowest BCUT2D eigenvalue weighted by Crippen LogP contribution is -2.42. The summed E-state index contributed by atoms with van der Waals surface area (Å²) in [6, 6.07) is 10.7. The van der Waals surface area contributed by atoms with Gasteiger partial charge in [0, 0.05) is 25.2 Å². The van der Waals surface area contributed by atoms with E-state index < -0.39 is 0 Å². The number of likely N-dealkylation sites (tertiary alicyclic amines) is 1. The maximum Gasteiger partial charge on any atom is 0.269 e. The molecule has 158 valence electrons. The van der Waals surface area contributed by atoms with Gasteiger partial charge in [0.05, 0.1) is 23.8 Å². The van der Waals surface area contributed by atoms with Gasteiger partial charge in [-0.05, 0) is 50.6 Å². The zero-order valence-electron chi connectivity index (χ0n) is 16.5. The van der Waals surface area contributed by atoms with Crippen molar-refractivity contribution in [3.8, 4) is 0 Å². The largest absolute Gasteiger partial charge is 0.468 e. The van der Waals surface area contributed by atoms with Gasteiger partial charge in [-0.1, -0.05) is 12.1 Å². The first-order valence-electron chi connectivity index (χ1n) is 9.70. The Labute approximate surface area is 187 Å². The molecule has 0 amide bonds. The van der Waals surface area contributed by atoms with Crippen molar-refractivity contribution < 1.29 is 9.34 Å². The number of guanidine groups is 1. The van der Waals surface area contributed by atoms with E-state index in [0.717, 1.165) is 31.0 Å². The van der Waals surface area contributed by atoms with Crippen LogP contribution >= 0.6 is 24.0 Å². The average Bonchev–Trinajstić information content (AvgIpc) is 3.41. The fourth-order valence-electron chi connectivity index (χ4n) is 3.42. The summed E-state index contributed by atoms with van der Waals surface area (Å²) in [5.41, 5.74) is 0.881. The second kappa shape index (κ2) is 11.8. The normalized spacial score (nSPS) is 15.6. The number of hydrogen-bond acceptors (Lipinski definition) is 5. The molecule has 0 spiro atoms. The quantitative estimate of drug-likeness (QED) is 0.184. The molecule has 2 aromatic rings. The molecule has 0 bridgehead atoms. The third-order valence-electron chi connectivity index (χ3n) is 4.80. The molecule has 0 saturated carbocycles. The Hall–Kier alpha value is -2.14. The molecule has 1 atom stereocenters. The Morgan fingerprint density at radius 1 is 1.28 bits per heavy atom. The maximum absolute atomic E-state index is 10.9. The van der Waals surface area contributed by atoms with Crippen molar-refractivity contribution in [2.45, 2.75) is 32.4 Å². The third kappa shape index (κ3) is 6.70. The molecule has 1 aliphatic heterocycles. The number of rotatable bonds is 8. The first kappa shape index (κ1) is 23.1. The van der Waals surface area contributed by atoms with Crippen molar-refractivity contribution in [1.29, 1.82) is 0 Å². The first-order valence-corrected chi connectivity index (χ1v) is 9.70. The van der Waals surface area contributed by atoms with Crippen LogP contribution < -0.4 is 10.6 Å². The molecule has 1 aromatic carbocycles. The second-order valence-corrected chi connectivity index (χ2v) is 6.78. The van der Waals surface area contributed by atoms with Crippen LogP contribution in [0.5, 0.6) is 0 Å². The average molecular weight is 513 g/mol. The summed E-state index contributed by atoms with van der Waals surface area (Å²) in [6.45, 7) is 5.91. The highest BCUT2D eigenvalue weighted by Crippen LogP contribution is 2.24. The van der Waals surface area contributed by atoms with Crippen molar-refractivity contribution >= 4 is 35.6 Å². The number of halogens is 1. The molecule has 3 rings (SSSR count). The zero-order valence-corrected chi connectivity index (χ0v) is 18.9. The number of benzene rings is 1. The van der Waals surface area contributed by atoms with Gasteiger partial charge in [0.2, 0.25) is 0 Å². The zero-order chi connectivity index (χ0) is 19.8. The topological polar surface area (TPSA) is 95.9 Å². The van der Waals surface area contributed by atoms with Gasteiger partial charge in [0.25, 0.3) is 5.69 Å². The molecule has 0 radical (unpaired) electrons. The summed E-state index contributed by atoms with van der Waals surface area (Å²) in [4.78, 5) is 17.6. The summed E-state index contributed by atoms with van der Waals surface area (Å²) in [5, 5.41) is 17.6. The van der Waals surface area contributed by atoms with Crippen molar-refractivity contribution in [3.63, 3.8) is 0 Å². The van der Waals surface area contributed by atoms with Crippen LogP contribution in [-0.2, 0) is 6.54 Å². The number of nitrogens with zero attached hydrogens (tertiary/aromatic N) is 3. The predicted octanol–water partition coefficient (Wildman–Crippen LogP) is 3.70. The van der Waals surface area contributed by atoms with Crippen LogP contribution in [0, 0.1) is 10.1 Å². The summed E-state index contributed by atoms with van der Waals surface area (Å²) >= 11 is 0. The summed E-state index contributed by atoms with van der Waals surface area (Å²) in [5.74, 6) is 1.63. The molecule has 29 heavy (non-hydrogen) atoms. The lowest BCUT2D eigenvalue weighted by Gasteiger charge is -2.26. The van der Waals surface area contributed by atoms with E-state index >= 15 is 0 Å². The Morgan fingerprint density at radius 3 is 2.72 bits per heavy atom. The van der Waals surface area contributed by atoms with E-state index in [1.807, 2.05) is 25.1 Å². The molecule has 1 aromatic heterocycles. The Morgan fingerprint density at radius 2 is 2.07 bits per heavy atom. The lowest BCUT2D eigenvalue weighted by molar-refractivity contribution is -0.384. The minimum Gasteiger partial charge on any atom is -0.468 e. The maximum atomic E-state index is 10.9. The molecule has 1 unspecified atom stereocenters. The SMILES string of the molecule is CCNC(=NCc1cccc([N+](=O)[O-])c1)NCC(c1ccco1)N1CCCC1.I. The van der Waals surface area contributed by atoms with Gasteiger partial charge in [0.1, 0.15) is 5.76 Å². The Kier molecular flexibility index (Phi) is 9.39. The van der Waals surface area contributed by atoms with E-state index in [0.29, 0.717) is 19.0 Å². The second-order valence-electron chi connectivity index (χ2n) is 6.78. The van der Waals surface area contributed by atoms with E-state index in [-0.39, 0.29) is 40.6 Å². The number of hydrogen-bond donors (Lipinski definition) is 2. The molecule has 9 heteroatoms. The van der Waals surface area contributed by atoms with E-state index in [1.54, 1.807) is 18.4 Å². The highest BCUT2D eigenvalue weighted by Gasteiger charge is 2.25. The number of nitro benzene ring substituents is 1. The van der Waals surface area contributed by atoms with Crippen molar-refractivity contribution in [3.05, 3.63) is 64.1 Å². The number of non-ortho nitro benzene ring substituents is 1. The summed E-state index contributed by atoms with van der Waals surface area (Å²) in [7, 11) is 0. The lowest BCUT2D eigenvalue weighted by atomic mass is 10.2.